The molecule has 1 aromatic heterocycles. The van der Waals surface area contributed by atoms with Crippen LogP contribution in [-0.2, 0) is 16.0 Å². The van der Waals surface area contributed by atoms with Crippen LogP contribution in [0, 0.1) is 5.92 Å². The van der Waals surface area contributed by atoms with Crippen molar-refractivity contribution < 1.29 is 24.2 Å². The van der Waals surface area contributed by atoms with Gasteiger partial charge in [0.1, 0.15) is 6.10 Å². The maximum atomic E-state index is 12.4. The molecule has 10 heteroatoms. The van der Waals surface area contributed by atoms with Crippen molar-refractivity contribution in [3.05, 3.63) is 23.9 Å². The van der Waals surface area contributed by atoms with Gasteiger partial charge in [-0.05, 0) is 50.2 Å². The average molecular weight is 434 g/mol. The van der Waals surface area contributed by atoms with Crippen LogP contribution in [0.5, 0.6) is 5.88 Å². The molecule has 1 aliphatic carbocycles. The molecule has 2 aliphatic heterocycles. The molecule has 0 spiro atoms. The van der Waals surface area contributed by atoms with Gasteiger partial charge in [0.05, 0.1) is 38.4 Å². The van der Waals surface area contributed by atoms with Crippen LogP contribution in [0.2, 0.25) is 0 Å². The van der Waals surface area contributed by atoms with E-state index in [0.717, 1.165) is 31.2 Å². The molecule has 0 bridgehead atoms. The number of hydrazine groups is 1. The number of methoxy groups -OCH3 is 1. The molecule has 0 aromatic carbocycles. The lowest BCUT2D eigenvalue weighted by Gasteiger charge is -2.42. The molecule has 3 heterocycles. The number of hydrogen-bond acceptors (Lipinski definition) is 8. The summed E-state index contributed by atoms with van der Waals surface area (Å²) in [5, 5.41) is 12.6. The summed E-state index contributed by atoms with van der Waals surface area (Å²) in [6.07, 6.45) is 4.22. The van der Waals surface area contributed by atoms with Gasteiger partial charge in [0.2, 0.25) is 11.8 Å². The maximum Gasteiger partial charge on any atom is 0.410 e. The molecular weight excluding hydrogens is 402 g/mol. The number of carbonyl (C=O) groups excluding carboxylic acids is 2. The Morgan fingerprint density at radius 2 is 2.16 bits per heavy atom. The second-order valence-corrected chi connectivity index (χ2v) is 8.67. The Balaban J connectivity index is 1.19. The van der Waals surface area contributed by atoms with Crippen LogP contribution in [-0.4, -0.2) is 71.1 Å². The zero-order valence-corrected chi connectivity index (χ0v) is 17.9. The highest BCUT2D eigenvalue weighted by atomic mass is 16.6. The second kappa shape index (κ2) is 9.37. The van der Waals surface area contributed by atoms with Gasteiger partial charge in [-0.25, -0.2) is 15.2 Å². The Bertz CT molecular complexity index is 808. The van der Waals surface area contributed by atoms with Crippen LogP contribution in [0.25, 0.3) is 0 Å². The first-order chi connectivity index (χ1) is 14.9. The van der Waals surface area contributed by atoms with E-state index in [2.05, 4.69) is 21.2 Å². The molecule has 3 aliphatic rings. The molecule has 3 fully saturated rings. The molecule has 2 saturated heterocycles. The smallest absolute Gasteiger partial charge is 0.410 e. The maximum absolute atomic E-state index is 12.4. The van der Waals surface area contributed by atoms with E-state index in [1.165, 1.54) is 0 Å². The van der Waals surface area contributed by atoms with Crippen molar-refractivity contribution in [3.63, 3.8) is 0 Å². The largest absolute Gasteiger partial charge is 0.481 e. The standard InChI is InChI=1S/C21H31N5O5/c1-12-17(27)11-26(12)21(29)31-15-4-3-14(9-15)16-10-18(25-24-16)23-19(28)7-13-5-6-22-20(8-13)30-2/h5-6,8,12,14-18,24-25,27H,3-4,7,9-11H2,1-2H3,(H,23,28)/t12-,14-,15+,16?,17+,18?/m1/s1. The number of nitrogens with zero attached hydrogens (tertiary/aromatic N) is 2. The van der Waals surface area contributed by atoms with E-state index in [4.69, 9.17) is 9.47 Å². The molecule has 31 heavy (non-hydrogen) atoms. The topological polar surface area (TPSA) is 125 Å². The van der Waals surface area contributed by atoms with Crippen LogP contribution in [0.3, 0.4) is 0 Å². The van der Waals surface area contributed by atoms with Crippen molar-refractivity contribution in [2.24, 2.45) is 5.92 Å². The Hall–Kier alpha value is -2.43. The molecule has 2 amide bonds. The van der Waals surface area contributed by atoms with Crippen LogP contribution >= 0.6 is 0 Å². The highest BCUT2D eigenvalue weighted by Gasteiger charge is 2.41. The summed E-state index contributed by atoms with van der Waals surface area (Å²) in [6, 6.07) is 3.58. The van der Waals surface area contributed by atoms with Crippen LogP contribution < -0.4 is 20.9 Å². The number of aliphatic hydroxyl groups is 1. The van der Waals surface area contributed by atoms with E-state index in [9.17, 15) is 14.7 Å². The van der Waals surface area contributed by atoms with Gasteiger partial charge in [-0.1, -0.05) is 0 Å². The van der Waals surface area contributed by atoms with E-state index in [-0.39, 0.29) is 42.8 Å². The average Bonchev–Trinajstić information content (AvgIpc) is 3.41. The summed E-state index contributed by atoms with van der Waals surface area (Å²) in [5.74, 6) is 0.788. The molecular formula is C21H31N5O5. The minimum absolute atomic E-state index is 0.0720. The highest BCUT2D eigenvalue weighted by molar-refractivity contribution is 5.78. The number of rotatable bonds is 6. The van der Waals surface area contributed by atoms with Crippen LogP contribution in [0.4, 0.5) is 4.79 Å². The van der Waals surface area contributed by atoms with Gasteiger partial charge in [-0.2, -0.15) is 0 Å². The molecule has 6 atom stereocenters. The summed E-state index contributed by atoms with van der Waals surface area (Å²) in [4.78, 5) is 30.2. The zero-order chi connectivity index (χ0) is 22.0. The molecule has 4 N–H and O–H groups in total. The summed E-state index contributed by atoms with van der Waals surface area (Å²) >= 11 is 0. The third kappa shape index (κ3) is 5.08. The third-order valence-electron chi connectivity index (χ3n) is 6.57. The third-order valence-corrected chi connectivity index (χ3v) is 6.57. The number of likely N-dealkylation sites (tertiary alicyclic amines) is 1. The lowest BCUT2D eigenvalue weighted by Crippen LogP contribution is -2.61. The summed E-state index contributed by atoms with van der Waals surface area (Å²) < 4.78 is 10.7. The Morgan fingerprint density at radius 1 is 1.32 bits per heavy atom. The first kappa shape index (κ1) is 21.8. The zero-order valence-electron chi connectivity index (χ0n) is 17.9. The lowest BCUT2D eigenvalue weighted by atomic mass is 9.96. The Kier molecular flexibility index (Phi) is 6.59. The number of hydrogen-bond donors (Lipinski definition) is 4. The minimum atomic E-state index is -0.453. The number of carbonyl (C=O) groups is 2. The number of ether oxygens (including phenoxy) is 2. The van der Waals surface area contributed by atoms with Crippen molar-refractivity contribution in [1.82, 2.24) is 26.1 Å². The van der Waals surface area contributed by atoms with Crippen LogP contribution in [0.15, 0.2) is 18.3 Å². The van der Waals surface area contributed by atoms with Crippen molar-refractivity contribution in [1.29, 1.82) is 0 Å². The minimum Gasteiger partial charge on any atom is -0.481 e. The van der Waals surface area contributed by atoms with Gasteiger partial charge >= 0.3 is 6.09 Å². The van der Waals surface area contributed by atoms with Crippen LogP contribution in [0.1, 0.15) is 38.2 Å². The van der Waals surface area contributed by atoms with Crippen molar-refractivity contribution in [2.45, 2.75) is 69.5 Å². The van der Waals surface area contributed by atoms with E-state index in [0.29, 0.717) is 18.3 Å². The number of aromatic nitrogens is 1. The van der Waals surface area contributed by atoms with Gasteiger partial charge in [0.25, 0.3) is 0 Å². The van der Waals surface area contributed by atoms with E-state index < -0.39 is 6.10 Å². The predicted octanol–water partition coefficient (Wildman–Crippen LogP) is 0.312. The fraction of sp³-hybridized carbons (Fsp3) is 0.667. The SMILES string of the molecule is COc1cc(CC(=O)NC2CC([C@@H]3CC[C@H](OC(=O)N4C[C@H](O)[C@H]4C)C3)NN2)ccn1. The molecule has 0 radical (unpaired) electrons. The Labute approximate surface area is 181 Å². The van der Waals surface area contributed by atoms with E-state index in [1.807, 2.05) is 6.92 Å². The van der Waals surface area contributed by atoms with Gasteiger partial charge in [0.15, 0.2) is 0 Å². The number of aliphatic hydroxyl groups excluding tert-OH is 1. The Morgan fingerprint density at radius 3 is 2.90 bits per heavy atom. The van der Waals surface area contributed by atoms with Crippen molar-refractivity contribution in [3.8, 4) is 5.88 Å². The van der Waals surface area contributed by atoms with Gasteiger partial charge in [-0.15, -0.1) is 0 Å². The summed E-state index contributed by atoms with van der Waals surface area (Å²) in [7, 11) is 1.55. The van der Waals surface area contributed by atoms with Gasteiger partial charge in [0, 0.05) is 18.3 Å². The molecule has 170 valence electrons. The van der Waals surface area contributed by atoms with Gasteiger partial charge < -0.3 is 24.8 Å². The fourth-order valence-electron chi connectivity index (χ4n) is 4.57. The highest BCUT2D eigenvalue weighted by Crippen LogP contribution is 2.33. The monoisotopic (exact) mass is 433 g/mol. The predicted molar refractivity (Wildman–Crippen MR) is 111 cm³/mol. The molecule has 1 saturated carbocycles. The molecule has 4 rings (SSSR count). The molecule has 1 aromatic rings. The number of nitrogens with one attached hydrogen (secondary N) is 3. The summed E-state index contributed by atoms with van der Waals surface area (Å²) in [6.45, 7) is 2.17. The van der Waals surface area contributed by atoms with Gasteiger partial charge in [-0.3, -0.25) is 10.2 Å². The quantitative estimate of drug-likeness (QED) is 0.505. The number of pyridine rings is 1. The summed E-state index contributed by atoms with van der Waals surface area (Å²) in [5.41, 5.74) is 7.30. The number of β-amino-alcohol motifs (C(OH)–C–C–N with tert-alkyl or cyclic N) is 1. The lowest BCUT2D eigenvalue weighted by molar-refractivity contribution is -0.121. The molecule has 2 unspecified atom stereocenters. The second-order valence-electron chi connectivity index (χ2n) is 8.67. The fourth-order valence-corrected chi connectivity index (χ4v) is 4.57. The normalized spacial score (nSPS) is 32.4. The molecule has 10 nitrogen and oxygen atoms in total. The van der Waals surface area contributed by atoms with Crippen molar-refractivity contribution in [2.75, 3.05) is 13.7 Å². The number of amides is 2. The van der Waals surface area contributed by atoms with E-state index in [1.54, 1.807) is 30.3 Å². The van der Waals surface area contributed by atoms with Crippen molar-refractivity contribution >= 4 is 12.0 Å². The first-order valence-corrected chi connectivity index (χ1v) is 10.9. The van der Waals surface area contributed by atoms with E-state index >= 15 is 0 Å². The first-order valence-electron chi connectivity index (χ1n) is 10.9.